The van der Waals surface area contributed by atoms with Crippen LogP contribution >= 0.6 is 22.6 Å². The molecule has 0 unspecified atom stereocenters. The van der Waals surface area contributed by atoms with E-state index in [1.165, 1.54) is 35.9 Å². The smallest absolute Gasteiger partial charge is 0.0136 e. The Morgan fingerprint density at radius 2 is 1.16 bits per heavy atom. The van der Waals surface area contributed by atoms with E-state index >= 15 is 0 Å². The first-order valence-electron chi connectivity index (χ1n) is 6.33. The van der Waals surface area contributed by atoms with Gasteiger partial charge in [-0.15, -0.1) is 0 Å². The first-order valence-corrected chi connectivity index (χ1v) is 7.40. The van der Waals surface area contributed by atoms with E-state index < -0.39 is 0 Å². The molecule has 0 radical (unpaired) electrons. The van der Waals surface area contributed by atoms with Gasteiger partial charge >= 0.3 is 0 Å². The number of halogens is 1. The van der Waals surface area contributed by atoms with Gasteiger partial charge in [0.15, 0.2) is 0 Å². The largest absolute Gasteiger partial charge is 0.0616 e. The molecular weight excluding hydrogens is 343 g/mol. The highest BCUT2D eigenvalue weighted by atomic mass is 127. The van der Waals surface area contributed by atoms with Crippen molar-refractivity contribution in [1.82, 2.24) is 0 Å². The van der Waals surface area contributed by atoms with Gasteiger partial charge in [0, 0.05) is 3.57 Å². The third-order valence-electron chi connectivity index (χ3n) is 3.71. The van der Waals surface area contributed by atoms with Crippen molar-refractivity contribution in [1.29, 1.82) is 0 Å². The lowest BCUT2D eigenvalue weighted by Gasteiger charge is -2.07. The van der Waals surface area contributed by atoms with E-state index in [1.807, 2.05) is 0 Å². The predicted octanol–water partition coefficient (Wildman–Crippen LogP) is 5.75. The molecule has 0 fully saturated rings. The van der Waals surface area contributed by atoms with E-state index in [0.717, 1.165) is 0 Å². The molecule has 4 rings (SSSR count). The molecule has 4 aromatic rings. The Balaban J connectivity index is 2.28. The Bertz CT molecular complexity index is 922. The fourth-order valence-electron chi connectivity index (χ4n) is 2.79. The van der Waals surface area contributed by atoms with Crippen LogP contribution in [0.3, 0.4) is 0 Å². The quantitative estimate of drug-likeness (QED) is 0.279. The van der Waals surface area contributed by atoms with Crippen LogP contribution in [0.2, 0.25) is 0 Å². The van der Waals surface area contributed by atoms with Crippen LogP contribution in [0.4, 0.5) is 0 Å². The van der Waals surface area contributed by atoms with Crippen LogP contribution in [0, 0.1) is 3.57 Å². The number of benzene rings is 4. The summed E-state index contributed by atoms with van der Waals surface area (Å²) in [5.41, 5.74) is 0. The van der Waals surface area contributed by atoms with Gasteiger partial charge < -0.3 is 0 Å². The maximum Gasteiger partial charge on any atom is 0.0136 e. The van der Waals surface area contributed by atoms with Crippen LogP contribution in [-0.4, -0.2) is 0 Å². The molecular formula is C18H11I. The van der Waals surface area contributed by atoms with Crippen LogP contribution in [0.1, 0.15) is 0 Å². The van der Waals surface area contributed by atoms with Gasteiger partial charge in [0.2, 0.25) is 0 Å². The zero-order valence-corrected chi connectivity index (χ0v) is 12.4. The predicted molar refractivity (Wildman–Crippen MR) is 91.7 cm³/mol. The third kappa shape index (κ3) is 1.72. The summed E-state index contributed by atoms with van der Waals surface area (Å²) >= 11 is 2.38. The first kappa shape index (κ1) is 11.2. The maximum atomic E-state index is 2.38. The Labute approximate surface area is 125 Å². The molecule has 0 amide bonds. The lowest BCUT2D eigenvalue weighted by molar-refractivity contribution is 1.72. The fourth-order valence-corrected chi connectivity index (χ4v) is 3.28. The molecule has 90 valence electrons. The summed E-state index contributed by atoms with van der Waals surface area (Å²) in [5.74, 6) is 0. The van der Waals surface area contributed by atoms with E-state index in [4.69, 9.17) is 0 Å². The minimum Gasteiger partial charge on any atom is -0.0616 e. The summed E-state index contributed by atoms with van der Waals surface area (Å²) in [5, 5.41) is 7.97. The molecule has 0 saturated heterocycles. The van der Waals surface area contributed by atoms with Crippen molar-refractivity contribution in [3.63, 3.8) is 0 Å². The van der Waals surface area contributed by atoms with E-state index in [2.05, 4.69) is 89.3 Å². The lowest BCUT2D eigenvalue weighted by atomic mass is 9.97. The van der Waals surface area contributed by atoms with Gasteiger partial charge in [0.25, 0.3) is 0 Å². The highest BCUT2D eigenvalue weighted by Gasteiger charge is 2.04. The molecule has 0 atom stereocenters. The SMILES string of the molecule is Ic1ccc2ccc3c4ccccc4ccc3c2c1. The summed E-state index contributed by atoms with van der Waals surface area (Å²) < 4.78 is 1.28. The van der Waals surface area contributed by atoms with Gasteiger partial charge in [-0.3, -0.25) is 0 Å². The zero-order chi connectivity index (χ0) is 12.8. The van der Waals surface area contributed by atoms with Crippen molar-refractivity contribution in [2.45, 2.75) is 0 Å². The summed E-state index contributed by atoms with van der Waals surface area (Å²) in [6.45, 7) is 0. The second-order valence-corrected chi connectivity index (χ2v) is 6.06. The van der Waals surface area contributed by atoms with E-state index in [0.29, 0.717) is 0 Å². The van der Waals surface area contributed by atoms with Crippen LogP contribution in [-0.2, 0) is 0 Å². The molecule has 4 aromatic carbocycles. The highest BCUT2D eigenvalue weighted by Crippen LogP contribution is 2.31. The van der Waals surface area contributed by atoms with E-state index in [9.17, 15) is 0 Å². The standard InChI is InChI=1S/C18H11I/c19-14-8-5-13-7-9-16-15-4-2-1-3-12(15)6-10-17(16)18(13)11-14/h1-11H. The average molecular weight is 354 g/mol. The maximum absolute atomic E-state index is 2.38. The van der Waals surface area contributed by atoms with Gasteiger partial charge in [-0.1, -0.05) is 54.6 Å². The monoisotopic (exact) mass is 354 g/mol. The Morgan fingerprint density at radius 1 is 0.526 bits per heavy atom. The van der Waals surface area contributed by atoms with Crippen LogP contribution in [0.15, 0.2) is 66.7 Å². The van der Waals surface area contributed by atoms with Gasteiger partial charge in [-0.05, 0) is 67.0 Å². The number of rotatable bonds is 0. The van der Waals surface area contributed by atoms with Gasteiger partial charge in [0.05, 0.1) is 0 Å². The normalized spacial score (nSPS) is 11.4. The van der Waals surface area contributed by atoms with Crippen molar-refractivity contribution in [3.05, 3.63) is 70.3 Å². The Hall–Kier alpha value is -1.61. The van der Waals surface area contributed by atoms with E-state index in [1.54, 1.807) is 0 Å². The first-order chi connectivity index (χ1) is 9.33. The molecule has 0 aliphatic heterocycles. The summed E-state index contributed by atoms with van der Waals surface area (Å²) in [6, 6.07) is 24.2. The van der Waals surface area contributed by atoms with Crippen molar-refractivity contribution >= 4 is 54.9 Å². The zero-order valence-electron chi connectivity index (χ0n) is 10.2. The molecule has 1 heteroatoms. The van der Waals surface area contributed by atoms with Crippen LogP contribution in [0.25, 0.3) is 32.3 Å². The fraction of sp³-hybridized carbons (Fsp3) is 0. The second-order valence-electron chi connectivity index (χ2n) is 4.81. The van der Waals surface area contributed by atoms with E-state index in [-0.39, 0.29) is 0 Å². The number of hydrogen-bond donors (Lipinski definition) is 0. The summed E-state index contributed by atoms with van der Waals surface area (Å²) in [6.07, 6.45) is 0. The van der Waals surface area contributed by atoms with Gasteiger partial charge in [-0.2, -0.15) is 0 Å². The third-order valence-corrected chi connectivity index (χ3v) is 4.38. The highest BCUT2D eigenvalue weighted by molar-refractivity contribution is 14.1. The molecule has 0 aliphatic carbocycles. The minimum absolute atomic E-state index is 1.28. The minimum atomic E-state index is 1.28. The molecule has 0 heterocycles. The molecule has 0 bridgehead atoms. The topological polar surface area (TPSA) is 0 Å². The average Bonchev–Trinajstić information content (AvgIpc) is 2.46. The van der Waals surface area contributed by atoms with Crippen LogP contribution in [0.5, 0.6) is 0 Å². The second kappa shape index (κ2) is 4.20. The molecule has 0 saturated carbocycles. The van der Waals surface area contributed by atoms with Crippen molar-refractivity contribution < 1.29 is 0 Å². The number of fused-ring (bicyclic) bond motifs is 5. The molecule has 0 N–H and O–H groups in total. The van der Waals surface area contributed by atoms with Crippen molar-refractivity contribution in [3.8, 4) is 0 Å². The molecule has 0 spiro atoms. The van der Waals surface area contributed by atoms with Gasteiger partial charge in [0.1, 0.15) is 0 Å². The number of hydrogen-bond acceptors (Lipinski definition) is 0. The Morgan fingerprint density at radius 3 is 2.00 bits per heavy atom. The summed E-state index contributed by atoms with van der Waals surface area (Å²) in [7, 11) is 0. The molecule has 0 nitrogen and oxygen atoms in total. The van der Waals surface area contributed by atoms with Gasteiger partial charge in [-0.25, -0.2) is 0 Å². The lowest BCUT2D eigenvalue weighted by Crippen LogP contribution is -1.81. The molecule has 0 aromatic heterocycles. The molecule has 0 aliphatic rings. The Kier molecular flexibility index (Phi) is 2.49. The van der Waals surface area contributed by atoms with Crippen molar-refractivity contribution in [2.24, 2.45) is 0 Å². The van der Waals surface area contributed by atoms with Crippen LogP contribution < -0.4 is 0 Å². The molecule has 19 heavy (non-hydrogen) atoms. The van der Waals surface area contributed by atoms with Crippen molar-refractivity contribution in [2.75, 3.05) is 0 Å². The summed E-state index contributed by atoms with van der Waals surface area (Å²) in [4.78, 5) is 0.